The van der Waals surface area contributed by atoms with E-state index in [1.54, 1.807) is 18.2 Å². The number of carboxylic acid groups (broad SMARTS) is 1. The fraction of sp³-hybridized carbons (Fsp3) is 0.588. The number of aliphatic carboxylic acids is 1. The van der Waals surface area contributed by atoms with Crippen molar-refractivity contribution in [2.75, 3.05) is 6.61 Å². The molecule has 2 heterocycles. The standard InChI is InChI=1S/C17H20N2O3/c18-11-13(15(20)21)17(14-5-1-4-9-19-14)8-10-22-16(12-17)6-2-3-7-16/h1,4-5,9,13H,2-3,6-8,10,12H2,(H,20,21)/i2D2,3D2. The lowest BCUT2D eigenvalue weighted by molar-refractivity contribution is -0.149. The third-order valence-corrected chi connectivity index (χ3v) is 4.64. The number of rotatable bonds is 3. The molecule has 1 aliphatic carbocycles. The Bertz CT molecular complexity index is 734. The van der Waals surface area contributed by atoms with Crippen molar-refractivity contribution in [3.8, 4) is 6.07 Å². The van der Waals surface area contributed by atoms with E-state index >= 15 is 0 Å². The highest BCUT2D eigenvalue weighted by atomic mass is 16.5. The van der Waals surface area contributed by atoms with Crippen molar-refractivity contribution in [2.45, 2.75) is 49.4 Å². The van der Waals surface area contributed by atoms with Gasteiger partial charge in [0.1, 0.15) is 0 Å². The van der Waals surface area contributed by atoms with Gasteiger partial charge in [0.2, 0.25) is 0 Å². The maximum absolute atomic E-state index is 11.8. The van der Waals surface area contributed by atoms with E-state index in [1.807, 2.05) is 6.07 Å². The van der Waals surface area contributed by atoms with Gasteiger partial charge in [-0.3, -0.25) is 9.78 Å². The highest BCUT2D eigenvalue weighted by Crippen LogP contribution is 2.51. The van der Waals surface area contributed by atoms with Crippen LogP contribution in [0.3, 0.4) is 0 Å². The van der Waals surface area contributed by atoms with Crippen LogP contribution < -0.4 is 0 Å². The topological polar surface area (TPSA) is 83.2 Å². The smallest absolute Gasteiger partial charge is 0.321 e. The van der Waals surface area contributed by atoms with Crippen molar-refractivity contribution in [3.63, 3.8) is 0 Å². The molecule has 1 N–H and O–H groups in total. The number of aromatic nitrogens is 1. The predicted octanol–water partition coefficient (Wildman–Crippen LogP) is 2.67. The van der Waals surface area contributed by atoms with E-state index in [2.05, 4.69) is 4.98 Å². The summed E-state index contributed by atoms with van der Waals surface area (Å²) in [5.41, 5.74) is -1.87. The zero-order valence-electron chi connectivity index (χ0n) is 16.1. The minimum Gasteiger partial charge on any atom is -0.480 e. The highest BCUT2D eigenvalue weighted by molar-refractivity contribution is 5.75. The molecule has 3 rings (SSSR count). The molecule has 0 amide bonds. The fourth-order valence-corrected chi connectivity index (χ4v) is 3.59. The first-order valence-electron chi connectivity index (χ1n) is 9.26. The molecule has 0 radical (unpaired) electrons. The van der Waals surface area contributed by atoms with Crippen molar-refractivity contribution in [2.24, 2.45) is 5.92 Å². The average molecular weight is 304 g/mol. The Kier molecular flexibility index (Phi) is 2.78. The normalized spacial score (nSPS) is 35.4. The minimum absolute atomic E-state index is 0.0422. The maximum atomic E-state index is 11.8. The maximum Gasteiger partial charge on any atom is 0.321 e. The Balaban J connectivity index is 2.09. The van der Waals surface area contributed by atoms with Gasteiger partial charge < -0.3 is 9.84 Å². The molecule has 0 bridgehead atoms. The minimum atomic E-state index is -2.09. The van der Waals surface area contributed by atoms with Crippen LogP contribution in [0.2, 0.25) is 0 Å². The number of ether oxygens (including phenoxy) is 1. The van der Waals surface area contributed by atoms with Crippen LogP contribution in [-0.4, -0.2) is 28.3 Å². The number of hydrogen-bond donors (Lipinski definition) is 1. The second kappa shape index (κ2) is 5.69. The Hall–Kier alpha value is -1.93. The van der Waals surface area contributed by atoms with Crippen molar-refractivity contribution < 1.29 is 20.1 Å². The number of carboxylic acids is 1. The molecule has 1 spiro atoms. The van der Waals surface area contributed by atoms with Gasteiger partial charge in [-0.1, -0.05) is 18.8 Å². The molecule has 1 saturated heterocycles. The van der Waals surface area contributed by atoms with Gasteiger partial charge in [-0.25, -0.2) is 0 Å². The molecular weight excluding hydrogens is 280 g/mol. The Labute approximate surface area is 135 Å². The van der Waals surface area contributed by atoms with Crippen molar-refractivity contribution in [1.29, 1.82) is 5.26 Å². The molecule has 2 fully saturated rings. The van der Waals surface area contributed by atoms with Gasteiger partial charge in [0, 0.05) is 29.4 Å². The molecular formula is C17H20N2O3. The number of carbonyl (C=O) groups is 1. The average Bonchev–Trinajstić information content (AvgIpc) is 2.71. The van der Waals surface area contributed by atoms with E-state index in [4.69, 9.17) is 10.2 Å². The molecule has 5 nitrogen and oxygen atoms in total. The second-order valence-electron chi connectivity index (χ2n) is 5.94. The number of nitriles is 1. The van der Waals surface area contributed by atoms with E-state index < -0.39 is 35.6 Å². The van der Waals surface area contributed by atoms with Crippen LogP contribution in [-0.2, 0) is 14.9 Å². The lowest BCUT2D eigenvalue weighted by Gasteiger charge is -2.47. The summed E-state index contributed by atoms with van der Waals surface area (Å²) in [6.07, 6.45) is -2.72. The summed E-state index contributed by atoms with van der Waals surface area (Å²) in [6.45, 7) is 0.119. The number of hydrogen-bond acceptors (Lipinski definition) is 4. The van der Waals surface area contributed by atoms with Gasteiger partial charge in [0.15, 0.2) is 5.92 Å². The fourth-order valence-electron chi connectivity index (χ4n) is 3.59. The Morgan fingerprint density at radius 1 is 1.45 bits per heavy atom. The number of nitrogens with zero attached hydrogens (tertiary/aromatic N) is 2. The largest absolute Gasteiger partial charge is 0.480 e. The van der Waals surface area contributed by atoms with Crippen molar-refractivity contribution in [3.05, 3.63) is 30.1 Å². The van der Waals surface area contributed by atoms with Crippen LogP contribution in [0.15, 0.2) is 24.4 Å². The molecule has 116 valence electrons. The molecule has 2 aliphatic rings. The van der Waals surface area contributed by atoms with Gasteiger partial charge in [0.25, 0.3) is 0 Å². The lowest BCUT2D eigenvalue weighted by Crippen LogP contribution is -2.51. The van der Waals surface area contributed by atoms with Crippen LogP contribution in [0.5, 0.6) is 0 Å². The molecule has 2 unspecified atom stereocenters. The van der Waals surface area contributed by atoms with E-state index in [-0.39, 0.29) is 32.3 Å². The first-order chi connectivity index (χ1) is 12.1. The van der Waals surface area contributed by atoms with Crippen molar-refractivity contribution in [1.82, 2.24) is 4.98 Å². The van der Waals surface area contributed by atoms with Gasteiger partial charge in [0.05, 0.1) is 11.7 Å². The summed E-state index contributed by atoms with van der Waals surface area (Å²) in [5.74, 6) is -2.64. The molecule has 2 atom stereocenters. The molecule has 0 aromatic carbocycles. The van der Waals surface area contributed by atoms with E-state index in [1.165, 1.54) is 6.20 Å². The summed E-state index contributed by atoms with van der Waals surface area (Å²) in [7, 11) is 0. The van der Waals surface area contributed by atoms with Gasteiger partial charge in [-0.05, 0) is 37.8 Å². The molecule has 1 saturated carbocycles. The Morgan fingerprint density at radius 3 is 2.82 bits per heavy atom. The number of pyridine rings is 1. The summed E-state index contributed by atoms with van der Waals surface area (Å²) in [6, 6.07) is 6.96. The first-order valence-corrected chi connectivity index (χ1v) is 7.26. The molecule has 22 heavy (non-hydrogen) atoms. The summed E-state index contributed by atoms with van der Waals surface area (Å²) in [5, 5.41) is 19.2. The lowest BCUT2D eigenvalue weighted by atomic mass is 9.63. The van der Waals surface area contributed by atoms with Crippen LogP contribution >= 0.6 is 0 Å². The molecule has 1 aliphatic heterocycles. The SMILES string of the molecule is [2H]C1([2H])CC2(CC(c3ccccn3)(C(C#N)C(=O)O)CCO2)CC1([2H])[2H]. The van der Waals surface area contributed by atoms with E-state index in [0.717, 1.165) is 0 Å². The van der Waals surface area contributed by atoms with E-state index in [0.29, 0.717) is 5.69 Å². The second-order valence-corrected chi connectivity index (χ2v) is 5.94. The summed E-state index contributed by atoms with van der Waals surface area (Å²) < 4.78 is 38.0. The van der Waals surface area contributed by atoms with Crippen LogP contribution in [0.1, 0.15) is 49.6 Å². The quantitative estimate of drug-likeness (QED) is 0.928. The molecule has 5 heteroatoms. The van der Waals surface area contributed by atoms with Crippen LogP contribution in [0.25, 0.3) is 0 Å². The van der Waals surface area contributed by atoms with Crippen molar-refractivity contribution >= 4 is 5.97 Å². The molecule has 1 aromatic rings. The molecule has 1 aromatic heterocycles. The predicted molar refractivity (Wildman–Crippen MR) is 79.0 cm³/mol. The van der Waals surface area contributed by atoms with E-state index in [9.17, 15) is 15.2 Å². The summed E-state index contributed by atoms with van der Waals surface area (Å²) >= 11 is 0. The monoisotopic (exact) mass is 304 g/mol. The third kappa shape index (κ3) is 2.38. The summed E-state index contributed by atoms with van der Waals surface area (Å²) in [4.78, 5) is 16.1. The Morgan fingerprint density at radius 2 is 2.23 bits per heavy atom. The zero-order chi connectivity index (χ0) is 19.2. The van der Waals surface area contributed by atoms with Crippen LogP contribution in [0.4, 0.5) is 0 Å². The zero-order valence-corrected chi connectivity index (χ0v) is 12.1. The van der Waals surface area contributed by atoms with Gasteiger partial charge in [-0.2, -0.15) is 5.26 Å². The van der Waals surface area contributed by atoms with Gasteiger partial charge >= 0.3 is 5.97 Å². The first kappa shape index (κ1) is 10.7. The third-order valence-electron chi connectivity index (χ3n) is 4.64. The van der Waals surface area contributed by atoms with Gasteiger partial charge in [-0.15, -0.1) is 0 Å². The highest BCUT2D eigenvalue weighted by Gasteiger charge is 2.54. The van der Waals surface area contributed by atoms with Crippen LogP contribution in [0, 0.1) is 17.2 Å².